The maximum Gasteiger partial charge on any atom is 0.158 e. The number of aliphatic hydroxyl groups is 5. The van der Waals surface area contributed by atoms with E-state index < -0.39 is 30.4 Å². The Morgan fingerprint density at radius 3 is 2.48 bits per heavy atom. The smallest absolute Gasteiger partial charge is 0.158 e. The lowest BCUT2D eigenvalue weighted by molar-refractivity contribution is -0.116. The fraction of sp³-hybridized carbons (Fsp3) is 0.833. The Bertz CT molecular complexity index is 480. The minimum absolute atomic E-state index is 0.130. The Labute approximate surface area is 148 Å². The number of aliphatic hydroxyl groups excluding tert-OH is 5. The summed E-state index contributed by atoms with van der Waals surface area (Å²) in [6.07, 6.45) is 2.21. The van der Waals surface area contributed by atoms with Gasteiger partial charge in [-0.3, -0.25) is 4.79 Å². The summed E-state index contributed by atoms with van der Waals surface area (Å²) in [5.41, 5.74) is 1.92. The first-order chi connectivity index (χ1) is 12.0. The van der Waals surface area contributed by atoms with Crippen LogP contribution in [0.4, 0.5) is 0 Å². The van der Waals surface area contributed by atoms with Crippen molar-refractivity contribution in [1.82, 2.24) is 5.32 Å². The molecule has 0 bridgehead atoms. The molecule has 1 saturated heterocycles. The maximum absolute atomic E-state index is 12.3. The van der Waals surface area contributed by atoms with E-state index in [9.17, 15) is 25.2 Å². The summed E-state index contributed by atoms with van der Waals surface area (Å²) in [6, 6.07) is -1.37. The van der Waals surface area contributed by atoms with Crippen LogP contribution in [-0.2, 0) is 4.79 Å². The lowest BCUT2D eigenvalue weighted by atomic mass is 9.84. The summed E-state index contributed by atoms with van der Waals surface area (Å²) in [5, 5.41) is 51.2. The summed E-state index contributed by atoms with van der Waals surface area (Å²) < 4.78 is 0. The summed E-state index contributed by atoms with van der Waals surface area (Å²) in [6.45, 7) is -0.172. The molecular formula is C18H31NO6. The number of carbonyl (C=O) groups is 1. The molecule has 0 aromatic heterocycles. The van der Waals surface area contributed by atoms with Gasteiger partial charge in [-0.25, -0.2) is 0 Å². The Hall–Kier alpha value is -0.830. The molecule has 144 valence electrons. The van der Waals surface area contributed by atoms with Crippen molar-refractivity contribution in [3.05, 3.63) is 11.1 Å². The van der Waals surface area contributed by atoms with Crippen molar-refractivity contribution >= 4 is 5.78 Å². The van der Waals surface area contributed by atoms with E-state index in [-0.39, 0.29) is 19.0 Å². The molecule has 1 heterocycles. The van der Waals surface area contributed by atoms with Crippen LogP contribution in [0.15, 0.2) is 11.1 Å². The van der Waals surface area contributed by atoms with E-state index in [0.29, 0.717) is 25.7 Å². The number of hydrogen-bond acceptors (Lipinski definition) is 7. The van der Waals surface area contributed by atoms with E-state index in [1.807, 2.05) is 0 Å². The van der Waals surface area contributed by atoms with Gasteiger partial charge in [-0.2, -0.15) is 0 Å². The number of carbonyl (C=O) groups excluding carboxylic acids is 1. The van der Waals surface area contributed by atoms with Crippen LogP contribution in [0.2, 0.25) is 0 Å². The molecule has 0 spiro atoms. The molecule has 7 heteroatoms. The highest BCUT2D eigenvalue weighted by Crippen LogP contribution is 2.30. The molecule has 7 nitrogen and oxygen atoms in total. The minimum atomic E-state index is -1.15. The van der Waals surface area contributed by atoms with Gasteiger partial charge in [0.05, 0.1) is 37.0 Å². The molecule has 5 atom stereocenters. The molecule has 0 aromatic carbocycles. The first kappa shape index (κ1) is 20.5. The van der Waals surface area contributed by atoms with Gasteiger partial charge in [0.15, 0.2) is 5.78 Å². The second kappa shape index (κ2) is 9.75. The van der Waals surface area contributed by atoms with Crippen LogP contribution in [0.1, 0.15) is 51.4 Å². The maximum atomic E-state index is 12.3. The highest BCUT2D eigenvalue weighted by atomic mass is 16.3. The molecular weight excluding hydrogens is 326 g/mol. The van der Waals surface area contributed by atoms with Crippen LogP contribution in [-0.4, -0.2) is 74.9 Å². The first-order valence-corrected chi connectivity index (χ1v) is 9.25. The second-order valence-electron chi connectivity index (χ2n) is 7.11. The van der Waals surface area contributed by atoms with Gasteiger partial charge in [0.25, 0.3) is 0 Å². The molecule has 0 aromatic rings. The summed E-state index contributed by atoms with van der Waals surface area (Å²) in [5.74, 6) is 0.130. The van der Waals surface area contributed by atoms with Gasteiger partial charge in [-0.1, -0.05) is 5.57 Å². The zero-order valence-electron chi connectivity index (χ0n) is 14.6. The van der Waals surface area contributed by atoms with E-state index in [0.717, 1.165) is 36.8 Å². The molecule has 2 aliphatic rings. The SMILES string of the molecule is O=C1CCCC(CCCCO)=C1CC[C@@H](O)[C@H]1N[C@H](CO)[C@@H](O)[C@@H]1O. The van der Waals surface area contributed by atoms with Crippen molar-refractivity contribution in [3.8, 4) is 0 Å². The fourth-order valence-corrected chi connectivity index (χ4v) is 3.87. The van der Waals surface area contributed by atoms with Gasteiger partial charge in [-0.15, -0.1) is 0 Å². The Morgan fingerprint density at radius 1 is 1.08 bits per heavy atom. The number of unbranched alkanes of at least 4 members (excludes halogenated alkanes) is 1. The zero-order chi connectivity index (χ0) is 18.4. The van der Waals surface area contributed by atoms with Gasteiger partial charge < -0.3 is 30.8 Å². The van der Waals surface area contributed by atoms with Crippen molar-refractivity contribution in [1.29, 1.82) is 0 Å². The van der Waals surface area contributed by atoms with E-state index in [2.05, 4.69) is 5.32 Å². The zero-order valence-corrected chi connectivity index (χ0v) is 14.6. The molecule has 2 rings (SSSR count). The predicted molar refractivity (Wildman–Crippen MR) is 91.9 cm³/mol. The van der Waals surface area contributed by atoms with Crippen molar-refractivity contribution in [2.75, 3.05) is 13.2 Å². The normalized spacial score (nSPS) is 31.6. The Morgan fingerprint density at radius 2 is 1.84 bits per heavy atom. The lowest BCUT2D eigenvalue weighted by Gasteiger charge is -2.24. The summed E-state index contributed by atoms with van der Waals surface area (Å²) >= 11 is 0. The third-order valence-corrected chi connectivity index (χ3v) is 5.37. The quantitative estimate of drug-likeness (QED) is 0.304. The van der Waals surface area contributed by atoms with Crippen LogP contribution in [0.3, 0.4) is 0 Å². The molecule has 0 radical (unpaired) electrons. The van der Waals surface area contributed by atoms with E-state index in [4.69, 9.17) is 5.11 Å². The van der Waals surface area contributed by atoms with Crippen molar-refractivity contribution in [2.24, 2.45) is 0 Å². The van der Waals surface area contributed by atoms with Crippen molar-refractivity contribution in [2.45, 2.75) is 81.8 Å². The van der Waals surface area contributed by atoms with Gasteiger partial charge in [0.1, 0.15) is 0 Å². The van der Waals surface area contributed by atoms with E-state index in [1.54, 1.807) is 0 Å². The van der Waals surface area contributed by atoms with Crippen LogP contribution >= 0.6 is 0 Å². The molecule has 1 aliphatic heterocycles. The Balaban J connectivity index is 1.96. The molecule has 0 unspecified atom stereocenters. The number of rotatable bonds is 9. The number of allylic oxidation sites excluding steroid dienone is 2. The first-order valence-electron chi connectivity index (χ1n) is 9.25. The third kappa shape index (κ3) is 5.09. The minimum Gasteiger partial charge on any atom is -0.396 e. The van der Waals surface area contributed by atoms with E-state index in [1.165, 1.54) is 0 Å². The highest BCUT2D eigenvalue weighted by Gasteiger charge is 2.43. The van der Waals surface area contributed by atoms with Gasteiger partial charge in [-0.05, 0) is 50.5 Å². The molecule has 0 amide bonds. The average molecular weight is 357 g/mol. The van der Waals surface area contributed by atoms with Crippen molar-refractivity contribution < 1.29 is 30.3 Å². The van der Waals surface area contributed by atoms with Gasteiger partial charge in [0, 0.05) is 13.0 Å². The molecule has 1 aliphatic carbocycles. The highest BCUT2D eigenvalue weighted by molar-refractivity contribution is 5.96. The van der Waals surface area contributed by atoms with Gasteiger partial charge >= 0.3 is 0 Å². The van der Waals surface area contributed by atoms with E-state index >= 15 is 0 Å². The monoisotopic (exact) mass is 357 g/mol. The third-order valence-electron chi connectivity index (χ3n) is 5.37. The number of hydrogen-bond donors (Lipinski definition) is 6. The largest absolute Gasteiger partial charge is 0.396 e. The van der Waals surface area contributed by atoms with Crippen LogP contribution in [0, 0.1) is 0 Å². The standard InChI is InChI=1S/C18H31NO6/c20-9-2-1-4-11-5-3-6-14(22)12(11)7-8-15(23)16-18(25)17(24)13(10-21)19-16/h13,15-21,23-25H,1-10H2/t13-,15-,16-,17-,18-/m1/s1. The van der Waals surface area contributed by atoms with Crippen LogP contribution in [0.5, 0.6) is 0 Å². The average Bonchev–Trinajstić information content (AvgIpc) is 2.89. The summed E-state index contributed by atoms with van der Waals surface area (Å²) in [7, 11) is 0. The number of nitrogens with one attached hydrogen (secondary N) is 1. The van der Waals surface area contributed by atoms with Crippen LogP contribution in [0.25, 0.3) is 0 Å². The van der Waals surface area contributed by atoms with Crippen molar-refractivity contribution in [3.63, 3.8) is 0 Å². The second-order valence-corrected chi connectivity index (χ2v) is 7.11. The molecule has 0 saturated carbocycles. The fourth-order valence-electron chi connectivity index (χ4n) is 3.87. The van der Waals surface area contributed by atoms with Crippen LogP contribution < -0.4 is 5.32 Å². The lowest BCUT2D eigenvalue weighted by Crippen LogP contribution is -2.44. The number of Topliss-reactive ketones (excluding diaryl/α,β-unsaturated/α-hetero) is 1. The van der Waals surface area contributed by atoms with Gasteiger partial charge in [0.2, 0.25) is 0 Å². The Kier molecular flexibility index (Phi) is 7.99. The molecule has 1 fully saturated rings. The predicted octanol–water partition coefficient (Wildman–Crippen LogP) is -0.606. The molecule has 6 N–H and O–H groups in total. The topological polar surface area (TPSA) is 130 Å². The molecule has 25 heavy (non-hydrogen) atoms. The summed E-state index contributed by atoms with van der Waals surface area (Å²) in [4.78, 5) is 12.3. The number of ketones is 1.